The summed E-state index contributed by atoms with van der Waals surface area (Å²) in [5.41, 5.74) is 0. The fourth-order valence-electron chi connectivity index (χ4n) is 2.48. The summed E-state index contributed by atoms with van der Waals surface area (Å²) in [5.74, 6) is 1.92. The fourth-order valence-corrected chi connectivity index (χ4v) is 3.23. The normalized spacial score (nSPS) is 12.7. The highest BCUT2D eigenvalue weighted by atomic mass is 79.9. The second kappa shape index (κ2) is 18.1. The molecule has 2 aromatic rings. The van der Waals surface area contributed by atoms with Crippen molar-refractivity contribution >= 4 is 59.4 Å². The Morgan fingerprint density at radius 2 is 1.19 bits per heavy atom. The Hall–Kier alpha value is -1.32. The Bertz CT molecular complexity index is 926. The van der Waals surface area contributed by atoms with E-state index < -0.39 is 12.2 Å². The fraction of sp³-hybridized carbons (Fsp3) is 0.652. The number of alkyl halides is 1. The van der Waals surface area contributed by atoms with Gasteiger partial charge >= 0.3 is 0 Å². The number of nitrogens with zero attached hydrogens (tertiary/aromatic N) is 4. The number of halogens is 3. The molecule has 0 aliphatic heterocycles. The summed E-state index contributed by atoms with van der Waals surface area (Å²) in [6.07, 6.45) is 1.98. The lowest BCUT2D eigenvalue weighted by Crippen LogP contribution is -2.35. The molecule has 2 unspecified atom stereocenters. The van der Waals surface area contributed by atoms with Gasteiger partial charge in [0, 0.05) is 30.0 Å². The summed E-state index contributed by atoms with van der Waals surface area (Å²) < 4.78 is 12.2. The van der Waals surface area contributed by atoms with Crippen LogP contribution in [0.15, 0.2) is 21.6 Å². The molecule has 210 valence electrons. The number of anilines is 2. The van der Waals surface area contributed by atoms with Crippen LogP contribution in [0.3, 0.4) is 0 Å². The zero-order valence-corrected chi connectivity index (χ0v) is 26.8. The molecule has 0 saturated heterocycles. The van der Waals surface area contributed by atoms with Crippen LogP contribution in [-0.2, 0) is 0 Å². The number of nitrogens with one attached hydrogen (secondary N) is 3. The number of hydrogen-bond donors (Lipinski definition) is 5. The van der Waals surface area contributed by atoms with E-state index in [-0.39, 0.29) is 25.3 Å². The van der Waals surface area contributed by atoms with E-state index in [0.29, 0.717) is 50.5 Å². The van der Waals surface area contributed by atoms with Gasteiger partial charge in [-0.05, 0) is 59.6 Å². The van der Waals surface area contributed by atoms with Crippen molar-refractivity contribution in [2.24, 2.45) is 0 Å². The maximum atomic E-state index is 9.82. The third-order valence-corrected chi connectivity index (χ3v) is 5.55. The van der Waals surface area contributed by atoms with E-state index in [1.165, 1.54) is 0 Å². The molecule has 0 amide bonds. The van der Waals surface area contributed by atoms with Gasteiger partial charge in [0.15, 0.2) is 11.6 Å². The van der Waals surface area contributed by atoms with Crippen LogP contribution in [0.1, 0.15) is 41.5 Å². The molecule has 5 N–H and O–H groups in total. The van der Waals surface area contributed by atoms with Crippen molar-refractivity contribution in [2.45, 2.75) is 71.9 Å². The molecule has 0 fully saturated rings. The average Bonchev–Trinajstić information content (AvgIpc) is 2.81. The van der Waals surface area contributed by atoms with Gasteiger partial charge in [-0.3, -0.25) is 0 Å². The maximum Gasteiger partial charge on any atom is 0.257 e. The summed E-state index contributed by atoms with van der Waals surface area (Å²) in [4.78, 5) is 16.8. The molecule has 2 rings (SSSR count). The SMILES string of the molecule is CC(C)NCC(O)COc1ncc(Br)nc1NC(C)C.CC(C)Nc1nc(Br)cnc1OCC(O)CBr. The van der Waals surface area contributed by atoms with E-state index >= 15 is 0 Å². The zero-order valence-electron chi connectivity index (χ0n) is 22.0. The molecule has 0 saturated carbocycles. The summed E-state index contributed by atoms with van der Waals surface area (Å²) in [6, 6.07) is 0.769. The summed E-state index contributed by atoms with van der Waals surface area (Å²) in [7, 11) is 0. The van der Waals surface area contributed by atoms with Crippen LogP contribution in [0.4, 0.5) is 11.6 Å². The lowest BCUT2D eigenvalue weighted by molar-refractivity contribution is 0.102. The third-order valence-electron chi connectivity index (χ3n) is 4.03. The molecular weight excluding hydrogens is 678 g/mol. The number of aliphatic hydroxyl groups is 2. The first-order chi connectivity index (χ1) is 17.4. The Morgan fingerprint density at radius 1 is 0.757 bits per heavy atom. The number of hydrogen-bond acceptors (Lipinski definition) is 11. The first kappa shape index (κ1) is 33.7. The molecule has 0 aliphatic carbocycles. The molecule has 2 atom stereocenters. The lowest BCUT2D eigenvalue weighted by Gasteiger charge is -2.17. The Balaban J connectivity index is 0.000000375. The van der Waals surface area contributed by atoms with E-state index in [4.69, 9.17) is 9.47 Å². The molecule has 14 heteroatoms. The highest BCUT2D eigenvalue weighted by Crippen LogP contribution is 2.23. The van der Waals surface area contributed by atoms with Crippen LogP contribution < -0.4 is 25.4 Å². The number of rotatable bonds is 14. The van der Waals surface area contributed by atoms with Gasteiger partial charge in [0.1, 0.15) is 28.5 Å². The summed E-state index contributed by atoms with van der Waals surface area (Å²) >= 11 is 9.70. The smallest absolute Gasteiger partial charge is 0.257 e. The third kappa shape index (κ3) is 15.0. The molecule has 0 bridgehead atoms. The van der Waals surface area contributed by atoms with Gasteiger partial charge < -0.3 is 35.6 Å². The van der Waals surface area contributed by atoms with E-state index in [1.807, 2.05) is 41.5 Å². The minimum atomic E-state index is -0.588. The van der Waals surface area contributed by atoms with Crippen molar-refractivity contribution in [3.05, 3.63) is 21.6 Å². The molecule has 2 aromatic heterocycles. The van der Waals surface area contributed by atoms with Gasteiger partial charge in [-0.15, -0.1) is 0 Å². The Kier molecular flexibility index (Phi) is 16.4. The largest absolute Gasteiger partial charge is 0.472 e. The van der Waals surface area contributed by atoms with E-state index in [2.05, 4.69) is 83.7 Å². The molecule has 37 heavy (non-hydrogen) atoms. The van der Waals surface area contributed by atoms with Crippen LogP contribution in [-0.4, -0.2) is 85.6 Å². The first-order valence-corrected chi connectivity index (χ1v) is 14.6. The van der Waals surface area contributed by atoms with Crippen LogP contribution >= 0.6 is 47.8 Å². The molecular formula is C23H38Br3N7O4. The van der Waals surface area contributed by atoms with Crippen molar-refractivity contribution in [3.63, 3.8) is 0 Å². The number of ether oxygens (including phenoxy) is 2. The topological polar surface area (TPSA) is 147 Å². The minimum absolute atomic E-state index is 0.169. The predicted molar refractivity (Wildman–Crippen MR) is 157 cm³/mol. The Labute approximate surface area is 244 Å². The molecule has 0 radical (unpaired) electrons. The van der Waals surface area contributed by atoms with Gasteiger partial charge in [0.25, 0.3) is 11.8 Å². The highest BCUT2D eigenvalue weighted by Gasteiger charge is 2.13. The predicted octanol–water partition coefficient (Wildman–Crippen LogP) is 3.99. The van der Waals surface area contributed by atoms with E-state index in [0.717, 1.165) is 0 Å². The summed E-state index contributed by atoms with van der Waals surface area (Å²) in [6.45, 7) is 12.9. The summed E-state index contributed by atoms with van der Waals surface area (Å²) in [5, 5.41) is 29.1. The molecule has 0 spiro atoms. The minimum Gasteiger partial charge on any atom is -0.472 e. The quantitative estimate of drug-likeness (QED) is 0.181. The zero-order chi connectivity index (χ0) is 28.0. The van der Waals surface area contributed by atoms with Gasteiger partial charge in [-0.25, -0.2) is 19.9 Å². The van der Waals surface area contributed by atoms with Crippen LogP contribution in [0.2, 0.25) is 0 Å². The van der Waals surface area contributed by atoms with Crippen LogP contribution in [0.5, 0.6) is 11.8 Å². The van der Waals surface area contributed by atoms with Crippen molar-refractivity contribution < 1.29 is 19.7 Å². The standard InChI is InChI=1S/C13H23BrN4O2.C10H15Br2N3O2/c1-8(2)15-5-10(19)7-20-13-12(17-9(3)4)18-11(14)6-16-13;1-6(2)14-9-10(13-4-8(12)15-9)17-5-7(16)3-11/h6,8-10,15,19H,5,7H2,1-4H3,(H,17,18);4,6-7,16H,3,5H2,1-2H3,(H,14,15). The van der Waals surface area contributed by atoms with Crippen LogP contribution in [0, 0.1) is 0 Å². The van der Waals surface area contributed by atoms with Gasteiger partial charge in [0.2, 0.25) is 0 Å². The molecule has 0 aliphatic rings. The van der Waals surface area contributed by atoms with Crippen molar-refractivity contribution in [1.29, 1.82) is 0 Å². The monoisotopic (exact) mass is 713 g/mol. The van der Waals surface area contributed by atoms with E-state index in [9.17, 15) is 10.2 Å². The Morgan fingerprint density at radius 3 is 1.57 bits per heavy atom. The van der Waals surface area contributed by atoms with Crippen LogP contribution in [0.25, 0.3) is 0 Å². The molecule has 11 nitrogen and oxygen atoms in total. The first-order valence-electron chi connectivity index (χ1n) is 11.9. The van der Waals surface area contributed by atoms with Crippen molar-refractivity contribution in [3.8, 4) is 11.8 Å². The number of aromatic nitrogens is 4. The average molecular weight is 716 g/mol. The van der Waals surface area contributed by atoms with E-state index in [1.54, 1.807) is 12.4 Å². The maximum absolute atomic E-state index is 9.82. The van der Waals surface area contributed by atoms with Gasteiger partial charge in [0.05, 0.1) is 18.5 Å². The lowest BCUT2D eigenvalue weighted by atomic mass is 10.3. The van der Waals surface area contributed by atoms with Crippen molar-refractivity contribution in [1.82, 2.24) is 25.3 Å². The highest BCUT2D eigenvalue weighted by molar-refractivity contribution is 9.10. The second-order valence-electron chi connectivity index (χ2n) is 8.94. The second-order valence-corrected chi connectivity index (χ2v) is 11.2. The van der Waals surface area contributed by atoms with Crippen molar-refractivity contribution in [2.75, 3.05) is 35.7 Å². The number of aliphatic hydroxyl groups excluding tert-OH is 2. The van der Waals surface area contributed by atoms with Gasteiger partial charge in [-0.2, -0.15) is 0 Å². The molecule has 2 heterocycles. The van der Waals surface area contributed by atoms with Gasteiger partial charge in [-0.1, -0.05) is 29.8 Å². The molecule has 0 aromatic carbocycles.